The van der Waals surface area contributed by atoms with Gasteiger partial charge < -0.3 is 9.47 Å². The van der Waals surface area contributed by atoms with Crippen molar-refractivity contribution in [2.24, 2.45) is 0 Å². The minimum absolute atomic E-state index is 0.0123. The van der Waals surface area contributed by atoms with E-state index in [4.69, 9.17) is 32.7 Å². The van der Waals surface area contributed by atoms with E-state index in [1.54, 1.807) is 32.9 Å². The largest absolute Gasteiger partial charge is 0.495 e. The molecule has 9 heteroatoms. The molecular formula is C19H21Cl2NO5S. The van der Waals surface area contributed by atoms with Crippen LogP contribution in [0.15, 0.2) is 35.2 Å². The third-order valence-corrected chi connectivity index (χ3v) is 6.98. The van der Waals surface area contributed by atoms with E-state index >= 15 is 0 Å². The van der Waals surface area contributed by atoms with Crippen molar-refractivity contribution in [1.29, 1.82) is 0 Å². The average molecular weight is 446 g/mol. The molecule has 0 saturated carbocycles. The van der Waals surface area contributed by atoms with Gasteiger partial charge in [-0.1, -0.05) is 29.3 Å². The van der Waals surface area contributed by atoms with Crippen molar-refractivity contribution in [3.8, 4) is 5.75 Å². The van der Waals surface area contributed by atoms with Crippen LogP contribution in [0.2, 0.25) is 10.0 Å². The number of halogens is 2. The number of sulfonamides is 1. The highest BCUT2D eigenvalue weighted by Gasteiger charge is 2.29. The summed E-state index contributed by atoms with van der Waals surface area (Å²) in [5.74, 6) is -0.253. The lowest BCUT2D eigenvalue weighted by atomic mass is 10.1. The highest BCUT2D eigenvalue weighted by Crippen LogP contribution is 2.39. The molecule has 152 valence electrons. The van der Waals surface area contributed by atoms with Crippen molar-refractivity contribution < 1.29 is 22.7 Å². The maximum atomic E-state index is 13.3. The zero-order chi connectivity index (χ0) is 21.1. The Kier molecular flexibility index (Phi) is 7.20. The van der Waals surface area contributed by atoms with Gasteiger partial charge in [-0.2, -0.15) is 0 Å². The lowest BCUT2D eigenvalue weighted by Crippen LogP contribution is -2.32. The fourth-order valence-corrected chi connectivity index (χ4v) is 5.03. The third kappa shape index (κ3) is 4.21. The van der Waals surface area contributed by atoms with E-state index in [2.05, 4.69) is 0 Å². The number of rotatable bonds is 7. The van der Waals surface area contributed by atoms with Crippen LogP contribution >= 0.6 is 23.2 Å². The third-order valence-electron chi connectivity index (χ3n) is 4.08. The van der Waals surface area contributed by atoms with E-state index in [0.29, 0.717) is 11.3 Å². The van der Waals surface area contributed by atoms with Crippen LogP contribution in [0.25, 0.3) is 0 Å². The molecule has 0 aliphatic carbocycles. The van der Waals surface area contributed by atoms with Gasteiger partial charge in [0.15, 0.2) is 0 Å². The number of hydrogen-bond donors (Lipinski definition) is 0. The molecule has 0 aliphatic rings. The van der Waals surface area contributed by atoms with Crippen LogP contribution in [0.3, 0.4) is 0 Å². The Morgan fingerprint density at radius 1 is 1.11 bits per heavy atom. The maximum absolute atomic E-state index is 13.3. The first-order chi connectivity index (χ1) is 13.2. The quantitative estimate of drug-likeness (QED) is 0.577. The Labute approximate surface area is 175 Å². The Balaban J connectivity index is 2.60. The average Bonchev–Trinajstić information content (AvgIpc) is 2.65. The molecule has 0 fully saturated rings. The topological polar surface area (TPSA) is 72.9 Å². The standard InChI is InChI=1S/C19H21Cl2NO5S/c1-5-22(14-11-13(8-7-12(14)3)19(23)27-6-2)28(24,25)16-10-9-15(26-4)17(20)18(16)21/h7-11H,5-6H2,1-4H3. The van der Waals surface area contributed by atoms with Crippen LogP contribution in [0.5, 0.6) is 5.75 Å². The van der Waals surface area contributed by atoms with Gasteiger partial charge in [0.05, 0.1) is 30.0 Å². The molecule has 0 spiro atoms. The molecule has 0 saturated heterocycles. The highest BCUT2D eigenvalue weighted by molar-refractivity contribution is 7.93. The number of methoxy groups -OCH3 is 1. The molecule has 6 nitrogen and oxygen atoms in total. The lowest BCUT2D eigenvalue weighted by Gasteiger charge is -2.26. The van der Waals surface area contributed by atoms with Gasteiger partial charge in [0, 0.05) is 6.54 Å². The molecule has 28 heavy (non-hydrogen) atoms. The second-order valence-corrected chi connectivity index (χ2v) is 8.37. The van der Waals surface area contributed by atoms with Gasteiger partial charge in [-0.15, -0.1) is 0 Å². The predicted octanol–water partition coefficient (Wildman–Crippen LogP) is 4.70. The summed E-state index contributed by atoms with van der Waals surface area (Å²) < 4.78 is 37.9. The fourth-order valence-electron chi connectivity index (χ4n) is 2.68. The summed E-state index contributed by atoms with van der Waals surface area (Å²) in [5.41, 5.74) is 1.29. The zero-order valence-electron chi connectivity index (χ0n) is 16.0. The smallest absolute Gasteiger partial charge is 0.338 e. The van der Waals surface area contributed by atoms with Crippen molar-refractivity contribution in [2.45, 2.75) is 25.7 Å². The number of hydrogen-bond acceptors (Lipinski definition) is 5. The number of esters is 1. The molecule has 0 aromatic heterocycles. The summed E-state index contributed by atoms with van der Waals surface area (Å²) in [7, 11) is -2.64. The van der Waals surface area contributed by atoms with Crippen molar-refractivity contribution >= 4 is 44.9 Å². The molecule has 0 amide bonds. The number of ether oxygens (including phenoxy) is 2. The van der Waals surface area contributed by atoms with Crippen molar-refractivity contribution in [1.82, 2.24) is 0 Å². The number of benzene rings is 2. The maximum Gasteiger partial charge on any atom is 0.338 e. The molecule has 0 N–H and O–H groups in total. The summed E-state index contributed by atoms with van der Waals surface area (Å²) in [5, 5.41) is -0.114. The van der Waals surface area contributed by atoms with E-state index < -0.39 is 16.0 Å². The summed E-state index contributed by atoms with van der Waals surface area (Å²) in [4.78, 5) is 11.9. The lowest BCUT2D eigenvalue weighted by molar-refractivity contribution is 0.0526. The Bertz CT molecular complexity index is 992. The minimum atomic E-state index is -4.05. The second kappa shape index (κ2) is 9.03. The first-order valence-electron chi connectivity index (χ1n) is 8.51. The summed E-state index contributed by atoms with van der Waals surface area (Å²) in [6, 6.07) is 7.54. The molecule has 0 radical (unpaired) electrons. The number of anilines is 1. The van der Waals surface area contributed by atoms with Crippen molar-refractivity contribution in [3.63, 3.8) is 0 Å². The molecule has 0 atom stereocenters. The summed E-state index contributed by atoms with van der Waals surface area (Å²) in [6.07, 6.45) is 0. The molecule has 0 aliphatic heterocycles. The minimum Gasteiger partial charge on any atom is -0.495 e. The normalized spacial score (nSPS) is 11.2. The van der Waals surface area contributed by atoms with Gasteiger partial charge in [-0.25, -0.2) is 13.2 Å². The number of nitrogens with zero attached hydrogens (tertiary/aromatic N) is 1. The van der Waals surface area contributed by atoms with E-state index in [1.807, 2.05) is 0 Å². The van der Waals surface area contributed by atoms with E-state index in [1.165, 1.54) is 29.6 Å². The first kappa shape index (κ1) is 22.3. The molecule has 2 aromatic carbocycles. The van der Waals surface area contributed by atoms with Crippen LogP contribution in [0.1, 0.15) is 29.8 Å². The van der Waals surface area contributed by atoms with Gasteiger partial charge in [-0.05, 0) is 50.6 Å². The summed E-state index contributed by atoms with van der Waals surface area (Å²) in [6.45, 7) is 5.48. The predicted molar refractivity (Wildman–Crippen MR) is 110 cm³/mol. The van der Waals surface area contributed by atoms with Gasteiger partial charge >= 0.3 is 5.97 Å². The SMILES string of the molecule is CCOC(=O)c1ccc(C)c(N(CC)S(=O)(=O)c2ccc(OC)c(Cl)c2Cl)c1. The Hall–Kier alpha value is -1.96. The first-order valence-corrected chi connectivity index (χ1v) is 10.7. The highest BCUT2D eigenvalue weighted by atomic mass is 35.5. The molecule has 0 bridgehead atoms. The Morgan fingerprint density at radius 3 is 2.36 bits per heavy atom. The molecule has 0 heterocycles. The monoisotopic (exact) mass is 445 g/mol. The van der Waals surface area contributed by atoms with Crippen LogP contribution in [-0.4, -0.2) is 34.6 Å². The van der Waals surface area contributed by atoms with E-state index in [9.17, 15) is 13.2 Å². The van der Waals surface area contributed by atoms with Gasteiger partial charge in [0.2, 0.25) is 0 Å². The van der Waals surface area contributed by atoms with Gasteiger partial charge in [0.1, 0.15) is 15.7 Å². The van der Waals surface area contributed by atoms with E-state index in [0.717, 1.165) is 0 Å². The number of carbonyl (C=O) groups excluding carboxylic acids is 1. The van der Waals surface area contributed by atoms with Gasteiger partial charge in [-0.3, -0.25) is 4.31 Å². The van der Waals surface area contributed by atoms with E-state index in [-0.39, 0.29) is 39.4 Å². The van der Waals surface area contributed by atoms with Crippen LogP contribution in [-0.2, 0) is 14.8 Å². The van der Waals surface area contributed by atoms with Gasteiger partial charge in [0.25, 0.3) is 10.0 Å². The van der Waals surface area contributed by atoms with Crippen LogP contribution in [0.4, 0.5) is 5.69 Å². The molecule has 2 rings (SSSR count). The fraction of sp³-hybridized carbons (Fsp3) is 0.316. The van der Waals surface area contributed by atoms with Crippen LogP contribution in [0, 0.1) is 6.92 Å². The number of aryl methyl sites for hydroxylation is 1. The molecule has 0 unspecified atom stereocenters. The second-order valence-electron chi connectivity index (χ2n) is 5.79. The molecule has 2 aromatic rings. The summed E-state index contributed by atoms with van der Waals surface area (Å²) >= 11 is 12.4. The molecular weight excluding hydrogens is 425 g/mol. The Morgan fingerprint density at radius 2 is 1.79 bits per heavy atom. The van der Waals surface area contributed by atoms with Crippen molar-refractivity contribution in [3.05, 3.63) is 51.5 Å². The van der Waals surface area contributed by atoms with Crippen LogP contribution < -0.4 is 9.04 Å². The number of carbonyl (C=O) groups is 1. The van der Waals surface area contributed by atoms with Crippen molar-refractivity contribution in [2.75, 3.05) is 24.6 Å². The zero-order valence-corrected chi connectivity index (χ0v) is 18.3.